The van der Waals surface area contributed by atoms with E-state index in [9.17, 15) is 0 Å². The molecule has 1 aliphatic heterocycles. The maximum absolute atomic E-state index is 6.29. The van der Waals surface area contributed by atoms with Crippen molar-refractivity contribution in [1.82, 2.24) is 9.97 Å². The first-order valence-corrected chi connectivity index (χ1v) is 8.31. The van der Waals surface area contributed by atoms with E-state index in [4.69, 9.17) is 10.5 Å². The molecule has 0 aromatic carbocycles. The van der Waals surface area contributed by atoms with Gasteiger partial charge < -0.3 is 15.4 Å². The summed E-state index contributed by atoms with van der Waals surface area (Å²) in [6, 6.07) is 0.601. The van der Waals surface area contributed by atoms with E-state index in [-0.39, 0.29) is 0 Å². The van der Waals surface area contributed by atoms with Gasteiger partial charge >= 0.3 is 0 Å². The Labute approximate surface area is 126 Å². The van der Waals surface area contributed by atoms with E-state index in [1.807, 2.05) is 0 Å². The molecule has 116 valence electrons. The summed E-state index contributed by atoms with van der Waals surface area (Å²) >= 11 is 0. The van der Waals surface area contributed by atoms with E-state index in [2.05, 4.69) is 21.8 Å². The minimum absolute atomic E-state index is 0.541. The second-order valence-corrected chi connectivity index (χ2v) is 6.21. The van der Waals surface area contributed by atoms with Crippen LogP contribution >= 0.6 is 0 Å². The molecule has 2 aliphatic rings. The van der Waals surface area contributed by atoms with Gasteiger partial charge in [0.05, 0.1) is 6.61 Å². The predicted molar refractivity (Wildman–Crippen MR) is 84.6 cm³/mol. The molecule has 5 heteroatoms. The number of rotatable bonds is 4. The number of fused-ring (bicyclic) bond motifs is 1. The van der Waals surface area contributed by atoms with Gasteiger partial charge in [-0.05, 0) is 38.0 Å². The molecule has 1 aromatic heterocycles. The standard InChI is InChI=1S/C16H26N4O/c1-2-10-21-16-14(17)15(18-11-19-16)20-9-5-7-12-6-3-4-8-13(12)20/h11-13H,2-10,17H2,1H3. The molecule has 0 amide bonds. The Balaban J connectivity index is 1.84. The third-order valence-electron chi connectivity index (χ3n) is 4.78. The average molecular weight is 290 g/mol. The monoisotopic (exact) mass is 290 g/mol. The van der Waals surface area contributed by atoms with Crippen LogP contribution in [-0.2, 0) is 0 Å². The number of hydrogen-bond donors (Lipinski definition) is 1. The fraction of sp³-hybridized carbons (Fsp3) is 0.750. The van der Waals surface area contributed by atoms with Crippen molar-refractivity contribution in [2.45, 2.75) is 57.9 Å². The zero-order chi connectivity index (χ0) is 14.7. The van der Waals surface area contributed by atoms with Crippen LogP contribution < -0.4 is 15.4 Å². The molecule has 1 aromatic rings. The number of aromatic nitrogens is 2. The van der Waals surface area contributed by atoms with E-state index in [1.165, 1.54) is 38.5 Å². The number of anilines is 2. The highest BCUT2D eigenvalue weighted by molar-refractivity contribution is 5.68. The third-order valence-corrected chi connectivity index (χ3v) is 4.78. The highest BCUT2D eigenvalue weighted by Gasteiger charge is 2.35. The third kappa shape index (κ3) is 2.92. The molecule has 1 saturated heterocycles. The molecule has 21 heavy (non-hydrogen) atoms. The van der Waals surface area contributed by atoms with Crippen molar-refractivity contribution in [1.29, 1.82) is 0 Å². The van der Waals surface area contributed by atoms with Crippen molar-refractivity contribution in [2.75, 3.05) is 23.8 Å². The van der Waals surface area contributed by atoms with Crippen LogP contribution in [0.2, 0.25) is 0 Å². The lowest BCUT2D eigenvalue weighted by Gasteiger charge is -2.45. The molecule has 5 nitrogen and oxygen atoms in total. The van der Waals surface area contributed by atoms with Gasteiger partial charge in [-0.2, -0.15) is 4.98 Å². The first-order chi connectivity index (χ1) is 10.3. The second kappa shape index (κ2) is 6.50. The molecule has 2 atom stereocenters. The Kier molecular flexibility index (Phi) is 4.46. The molecule has 2 fully saturated rings. The zero-order valence-electron chi connectivity index (χ0n) is 12.9. The van der Waals surface area contributed by atoms with Gasteiger partial charge in [-0.1, -0.05) is 19.8 Å². The molecule has 1 aliphatic carbocycles. The van der Waals surface area contributed by atoms with E-state index in [1.54, 1.807) is 6.33 Å². The molecule has 0 bridgehead atoms. The highest BCUT2D eigenvalue weighted by Crippen LogP contribution is 2.39. The topological polar surface area (TPSA) is 64.3 Å². The SMILES string of the molecule is CCCOc1ncnc(N2CCCC3CCCCC32)c1N. The fourth-order valence-electron chi connectivity index (χ4n) is 3.80. The van der Waals surface area contributed by atoms with Crippen molar-refractivity contribution in [3.8, 4) is 5.88 Å². The predicted octanol–water partition coefficient (Wildman–Crippen LogP) is 3.01. The smallest absolute Gasteiger partial charge is 0.242 e. The van der Waals surface area contributed by atoms with Crippen LogP contribution in [0.1, 0.15) is 51.9 Å². The summed E-state index contributed by atoms with van der Waals surface area (Å²) < 4.78 is 5.65. The average Bonchev–Trinajstić information content (AvgIpc) is 2.53. The van der Waals surface area contributed by atoms with Crippen LogP contribution in [0.5, 0.6) is 5.88 Å². The summed E-state index contributed by atoms with van der Waals surface area (Å²) in [4.78, 5) is 11.1. The van der Waals surface area contributed by atoms with Gasteiger partial charge in [0.25, 0.3) is 0 Å². The Morgan fingerprint density at radius 3 is 2.90 bits per heavy atom. The largest absolute Gasteiger partial charge is 0.476 e. The van der Waals surface area contributed by atoms with Gasteiger partial charge in [0.2, 0.25) is 5.88 Å². The van der Waals surface area contributed by atoms with Crippen LogP contribution in [0.25, 0.3) is 0 Å². The summed E-state index contributed by atoms with van der Waals surface area (Å²) in [6.45, 7) is 3.78. The molecule has 2 N–H and O–H groups in total. The maximum atomic E-state index is 6.29. The summed E-state index contributed by atoms with van der Waals surface area (Å²) in [7, 11) is 0. The number of ether oxygens (including phenoxy) is 1. The van der Waals surface area contributed by atoms with E-state index in [0.717, 1.165) is 24.7 Å². The molecule has 0 spiro atoms. The quantitative estimate of drug-likeness (QED) is 0.923. The van der Waals surface area contributed by atoms with Gasteiger partial charge in [-0.15, -0.1) is 0 Å². The molecular formula is C16H26N4O. The summed E-state index contributed by atoms with van der Waals surface area (Å²) in [6.07, 6.45) is 10.4. The molecule has 2 heterocycles. The number of piperidine rings is 1. The Bertz CT molecular complexity index is 477. The van der Waals surface area contributed by atoms with E-state index in [0.29, 0.717) is 24.2 Å². The Hall–Kier alpha value is -1.52. The van der Waals surface area contributed by atoms with Crippen molar-refractivity contribution >= 4 is 11.5 Å². The zero-order valence-corrected chi connectivity index (χ0v) is 12.9. The highest BCUT2D eigenvalue weighted by atomic mass is 16.5. The fourth-order valence-corrected chi connectivity index (χ4v) is 3.80. The first kappa shape index (κ1) is 14.4. The molecule has 1 saturated carbocycles. The first-order valence-electron chi connectivity index (χ1n) is 8.31. The molecule has 0 radical (unpaired) electrons. The van der Waals surface area contributed by atoms with Crippen molar-refractivity contribution in [3.63, 3.8) is 0 Å². The summed E-state index contributed by atoms with van der Waals surface area (Å²) in [5.74, 6) is 2.23. The minimum Gasteiger partial charge on any atom is -0.476 e. The Morgan fingerprint density at radius 2 is 2.05 bits per heavy atom. The van der Waals surface area contributed by atoms with Crippen LogP contribution in [-0.4, -0.2) is 29.2 Å². The van der Waals surface area contributed by atoms with Gasteiger partial charge in [-0.25, -0.2) is 4.98 Å². The van der Waals surface area contributed by atoms with Crippen molar-refractivity contribution < 1.29 is 4.74 Å². The van der Waals surface area contributed by atoms with Crippen molar-refractivity contribution in [2.24, 2.45) is 5.92 Å². The molecular weight excluding hydrogens is 264 g/mol. The molecule has 3 rings (SSSR count). The van der Waals surface area contributed by atoms with Gasteiger partial charge in [-0.3, -0.25) is 0 Å². The summed E-state index contributed by atoms with van der Waals surface area (Å²) in [5, 5.41) is 0. The van der Waals surface area contributed by atoms with Crippen LogP contribution in [0, 0.1) is 5.92 Å². The lowest BCUT2D eigenvalue weighted by Crippen LogP contribution is -2.47. The van der Waals surface area contributed by atoms with Gasteiger partial charge in [0.15, 0.2) is 5.82 Å². The van der Waals surface area contributed by atoms with Crippen LogP contribution in [0.3, 0.4) is 0 Å². The lowest BCUT2D eigenvalue weighted by atomic mass is 9.78. The van der Waals surface area contributed by atoms with Gasteiger partial charge in [0.1, 0.15) is 12.0 Å². The lowest BCUT2D eigenvalue weighted by molar-refractivity contribution is 0.242. The normalized spacial score (nSPS) is 25.5. The minimum atomic E-state index is 0.541. The molecule has 2 unspecified atom stereocenters. The van der Waals surface area contributed by atoms with Crippen LogP contribution in [0.4, 0.5) is 11.5 Å². The van der Waals surface area contributed by atoms with Gasteiger partial charge in [0, 0.05) is 12.6 Å². The number of hydrogen-bond acceptors (Lipinski definition) is 5. The number of nitrogens with two attached hydrogens (primary N) is 1. The second-order valence-electron chi connectivity index (χ2n) is 6.21. The van der Waals surface area contributed by atoms with Crippen LogP contribution in [0.15, 0.2) is 6.33 Å². The summed E-state index contributed by atoms with van der Waals surface area (Å²) in [5.41, 5.74) is 6.89. The van der Waals surface area contributed by atoms with E-state index < -0.39 is 0 Å². The maximum Gasteiger partial charge on any atom is 0.242 e. The Morgan fingerprint density at radius 1 is 1.24 bits per heavy atom. The number of nitrogen functional groups attached to an aromatic ring is 1. The van der Waals surface area contributed by atoms with E-state index >= 15 is 0 Å². The van der Waals surface area contributed by atoms with Crippen molar-refractivity contribution in [3.05, 3.63) is 6.33 Å². The number of nitrogens with zero attached hydrogens (tertiary/aromatic N) is 3.